The second-order valence-corrected chi connectivity index (χ2v) is 7.37. The van der Waals surface area contributed by atoms with Crippen LogP contribution in [0.3, 0.4) is 0 Å². The van der Waals surface area contributed by atoms with E-state index in [9.17, 15) is 4.79 Å². The number of fused-ring (bicyclic) bond motifs is 1. The highest BCUT2D eigenvalue weighted by atomic mass is 16.5. The smallest absolute Gasteiger partial charge is 0.226 e. The maximum Gasteiger partial charge on any atom is 0.226 e. The highest BCUT2D eigenvalue weighted by Gasteiger charge is 2.37. The van der Waals surface area contributed by atoms with E-state index in [0.717, 1.165) is 34.8 Å². The van der Waals surface area contributed by atoms with Gasteiger partial charge in [-0.1, -0.05) is 37.3 Å². The molecule has 0 fully saturated rings. The summed E-state index contributed by atoms with van der Waals surface area (Å²) in [5.41, 5.74) is 2.70. The lowest BCUT2D eigenvalue weighted by molar-refractivity contribution is -0.117. The van der Waals surface area contributed by atoms with Crippen LogP contribution < -0.4 is 10.1 Å². The van der Waals surface area contributed by atoms with E-state index in [2.05, 4.69) is 22.3 Å². The normalized spacial score (nSPS) is 21.0. The molecule has 0 saturated carbocycles. The lowest BCUT2D eigenvalue weighted by Crippen LogP contribution is -2.33. The second kappa shape index (κ2) is 6.64. The average Bonchev–Trinajstić information content (AvgIpc) is 3.15. The summed E-state index contributed by atoms with van der Waals surface area (Å²) >= 11 is 0. The summed E-state index contributed by atoms with van der Waals surface area (Å²) in [5, 5.41) is 7.70. The molecule has 0 amide bonds. The number of hydrogen-bond acceptors (Lipinski definition) is 5. The molecule has 1 N–H and O–H groups in total. The minimum Gasteiger partial charge on any atom is -0.457 e. The quantitative estimate of drug-likeness (QED) is 0.741. The van der Waals surface area contributed by atoms with Gasteiger partial charge in [0.15, 0.2) is 5.78 Å². The Balaban J connectivity index is 1.58. The molecule has 2 atom stereocenters. The number of para-hydroxylation sites is 1. The minimum absolute atomic E-state index is 0.168. The number of ketones is 1. The van der Waals surface area contributed by atoms with E-state index in [-0.39, 0.29) is 11.8 Å². The van der Waals surface area contributed by atoms with Gasteiger partial charge in [0, 0.05) is 17.7 Å². The molecule has 1 aliphatic heterocycles. The largest absolute Gasteiger partial charge is 0.457 e. The molecule has 0 unspecified atom stereocenters. The monoisotopic (exact) mass is 372 g/mol. The maximum absolute atomic E-state index is 12.9. The van der Waals surface area contributed by atoms with Crippen molar-refractivity contribution in [3.05, 3.63) is 77.8 Å². The van der Waals surface area contributed by atoms with Crippen LogP contribution in [-0.2, 0) is 4.79 Å². The number of nitrogens with one attached hydrogen (secondary N) is 1. The Morgan fingerprint density at radius 3 is 2.75 bits per heavy atom. The van der Waals surface area contributed by atoms with E-state index < -0.39 is 0 Å². The number of rotatable bonds is 3. The molecule has 6 heteroatoms. The Morgan fingerprint density at radius 2 is 1.89 bits per heavy atom. The van der Waals surface area contributed by atoms with Gasteiger partial charge in [0.25, 0.3) is 0 Å². The summed E-state index contributed by atoms with van der Waals surface area (Å²) < 4.78 is 7.78. The van der Waals surface area contributed by atoms with Crippen LogP contribution in [0.15, 0.2) is 72.2 Å². The molecule has 0 radical (unpaired) electrons. The number of benzene rings is 2. The van der Waals surface area contributed by atoms with Crippen LogP contribution in [0, 0.1) is 5.92 Å². The lowest BCUT2D eigenvalue weighted by atomic mass is 9.81. The van der Waals surface area contributed by atoms with Gasteiger partial charge in [-0.15, -0.1) is 0 Å². The van der Waals surface area contributed by atoms with Crippen LogP contribution >= 0.6 is 0 Å². The predicted molar refractivity (Wildman–Crippen MR) is 105 cm³/mol. The zero-order valence-corrected chi connectivity index (χ0v) is 15.5. The highest BCUT2D eigenvalue weighted by Crippen LogP contribution is 2.41. The van der Waals surface area contributed by atoms with Crippen molar-refractivity contribution in [1.29, 1.82) is 0 Å². The predicted octanol–water partition coefficient (Wildman–Crippen LogP) is 4.34. The van der Waals surface area contributed by atoms with Gasteiger partial charge < -0.3 is 10.1 Å². The highest BCUT2D eigenvalue weighted by molar-refractivity contribution is 5.99. The number of aromatic nitrogens is 3. The van der Waals surface area contributed by atoms with E-state index in [1.807, 2.05) is 54.6 Å². The molecule has 1 aromatic heterocycles. The molecular formula is C22H20N4O2. The Hall–Kier alpha value is -3.41. The number of ether oxygens (including phenoxy) is 1. The van der Waals surface area contributed by atoms with Crippen LogP contribution in [0.5, 0.6) is 11.5 Å². The summed E-state index contributed by atoms with van der Waals surface area (Å²) in [4.78, 5) is 17.3. The molecule has 5 rings (SSSR count). The van der Waals surface area contributed by atoms with Gasteiger partial charge in [-0.05, 0) is 42.2 Å². The lowest BCUT2D eigenvalue weighted by Gasteiger charge is -2.34. The minimum atomic E-state index is -0.298. The number of nitrogens with zero attached hydrogens (tertiary/aromatic N) is 3. The molecule has 0 saturated heterocycles. The molecule has 0 spiro atoms. The van der Waals surface area contributed by atoms with Crippen molar-refractivity contribution < 1.29 is 9.53 Å². The third-order valence-electron chi connectivity index (χ3n) is 5.22. The zero-order valence-electron chi connectivity index (χ0n) is 15.5. The summed E-state index contributed by atoms with van der Waals surface area (Å²) in [7, 11) is 0. The zero-order chi connectivity index (χ0) is 19.1. The summed E-state index contributed by atoms with van der Waals surface area (Å²) in [6.07, 6.45) is 2.91. The van der Waals surface area contributed by atoms with Crippen molar-refractivity contribution in [3.63, 3.8) is 0 Å². The Kier molecular flexibility index (Phi) is 3.97. The molecular weight excluding hydrogens is 352 g/mol. The van der Waals surface area contributed by atoms with Crippen molar-refractivity contribution in [1.82, 2.24) is 14.8 Å². The summed E-state index contributed by atoms with van der Waals surface area (Å²) in [5.74, 6) is 2.65. The second-order valence-electron chi connectivity index (χ2n) is 7.37. The number of Topliss-reactive ketones (excluding diaryl/α,β-unsaturated/α-hetero) is 1. The van der Waals surface area contributed by atoms with Crippen LogP contribution in [-0.4, -0.2) is 20.5 Å². The van der Waals surface area contributed by atoms with Crippen LogP contribution in [0.2, 0.25) is 0 Å². The van der Waals surface area contributed by atoms with Crippen molar-refractivity contribution in [2.45, 2.75) is 25.8 Å². The van der Waals surface area contributed by atoms with Crippen LogP contribution in [0.25, 0.3) is 0 Å². The third kappa shape index (κ3) is 2.87. The summed E-state index contributed by atoms with van der Waals surface area (Å²) in [6.45, 7) is 2.10. The van der Waals surface area contributed by atoms with Crippen molar-refractivity contribution in [3.8, 4) is 11.5 Å². The molecule has 2 aliphatic rings. The molecule has 2 heterocycles. The first-order valence-corrected chi connectivity index (χ1v) is 9.44. The Labute approximate surface area is 162 Å². The Morgan fingerprint density at radius 1 is 1.07 bits per heavy atom. The Bertz CT molecular complexity index is 1070. The fraction of sp³-hybridized carbons (Fsp3) is 0.227. The van der Waals surface area contributed by atoms with E-state index in [1.165, 1.54) is 6.33 Å². The van der Waals surface area contributed by atoms with E-state index >= 15 is 0 Å². The molecule has 1 aliphatic carbocycles. The first-order valence-electron chi connectivity index (χ1n) is 9.44. The number of anilines is 1. The van der Waals surface area contributed by atoms with E-state index in [0.29, 0.717) is 18.3 Å². The number of carbonyl (C=O) groups excluding carboxylic acids is 1. The van der Waals surface area contributed by atoms with Gasteiger partial charge >= 0.3 is 0 Å². The van der Waals surface area contributed by atoms with Gasteiger partial charge in [0.05, 0.1) is 0 Å². The van der Waals surface area contributed by atoms with Gasteiger partial charge in [-0.2, -0.15) is 10.1 Å². The summed E-state index contributed by atoms with van der Waals surface area (Å²) in [6, 6.07) is 17.2. The molecule has 6 nitrogen and oxygen atoms in total. The van der Waals surface area contributed by atoms with E-state index in [4.69, 9.17) is 4.74 Å². The van der Waals surface area contributed by atoms with E-state index in [1.54, 1.807) is 4.68 Å². The average molecular weight is 372 g/mol. The SMILES string of the molecule is C[C@@H]1CC(=O)C2=C(C1)Nc1ncnn1[C@H]2c1cccc(Oc2ccccc2)c1. The number of hydrogen-bond donors (Lipinski definition) is 1. The molecule has 28 heavy (non-hydrogen) atoms. The molecule has 2 aromatic carbocycles. The van der Waals surface area contributed by atoms with Crippen molar-refractivity contribution in [2.24, 2.45) is 5.92 Å². The van der Waals surface area contributed by atoms with Crippen LogP contribution in [0.1, 0.15) is 31.4 Å². The van der Waals surface area contributed by atoms with Crippen LogP contribution in [0.4, 0.5) is 5.95 Å². The fourth-order valence-electron chi connectivity index (χ4n) is 4.03. The molecule has 140 valence electrons. The fourth-order valence-corrected chi connectivity index (χ4v) is 4.03. The maximum atomic E-state index is 12.9. The first-order chi connectivity index (χ1) is 13.7. The third-order valence-corrected chi connectivity index (χ3v) is 5.22. The van der Waals surface area contributed by atoms with Gasteiger partial charge in [0.2, 0.25) is 5.95 Å². The molecule has 3 aromatic rings. The van der Waals surface area contributed by atoms with Gasteiger partial charge in [0.1, 0.15) is 23.9 Å². The van der Waals surface area contributed by atoms with Crippen molar-refractivity contribution >= 4 is 11.7 Å². The van der Waals surface area contributed by atoms with Gasteiger partial charge in [-0.3, -0.25) is 4.79 Å². The van der Waals surface area contributed by atoms with Crippen molar-refractivity contribution in [2.75, 3.05) is 5.32 Å². The first kappa shape index (κ1) is 16.7. The topological polar surface area (TPSA) is 69.0 Å². The molecule has 0 bridgehead atoms. The number of carbonyl (C=O) groups is 1. The number of allylic oxidation sites excluding steroid dienone is 2. The van der Waals surface area contributed by atoms with Gasteiger partial charge in [-0.25, -0.2) is 4.68 Å². The standard InChI is InChI=1S/C22H20N4O2/c1-14-10-18-20(19(27)11-14)21(26-22(25-18)23-13-24-26)15-6-5-9-17(12-15)28-16-7-3-2-4-8-16/h2-9,12-14,21H,10-11H2,1H3,(H,23,24,25)/t14-,21-/m0/s1.